The number of ketones is 1. The highest BCUT2D eigenvalue weighted by atomic mass is 16.5. The molecule has 1 aliphatic heterocycles. The molecule has 1 aromatic carbocycles. The van der Waals surface area contributed by atoms with Crippen LogP contribution in [0.2, 0.25) is 0 Å². The SMILES string of the molecule is CCOc1ccc(/C(O)=C2/C(=O)C(=O)N(CCCOC)C2c2ccncc2)cc1C(C)(C)C. The quantitative estimate of drug-likeness (QED) is 0.279. The molecule has 1 amide bonds. The fourth-order valence-corrected chi connectivity index (χ4v) is 4.08. The van der Waals surface area contributed by atoms with E-state index >= 15 is 0 Å². The van der Waals surface area contributed by atoms with E-state index in [1.54, 1.807) is 43.8 Å². The maximum absolute atomic E-state index is 13.1. The highest BCUT2D eigenvalue weighted by molar-refractivity contribution is 6.46. The van der Waals surface area contributed by atoms with Gasteiger partial charge in [0.15, 0.2) is 0 Å². The Labute approximate surface area is 195 Å². The minimum Gasteiger partial charge on any atom is -0.507 e. The number of likely N-dealkylation sites (tertiary alicyclic amines) is 1. The third-order valence-electron chi connectivity index (χ3n) is 5.67. The van der Waals surface area contributed by atoms with Crippen molar-refractivity contribution in [3.8, 4) is 5.75 Å². The smallest absolute Gasteiger partial charge is 0.295 e. The third-order valence-corrected chi connectivity index (χ3v) is 5.67. The summed E-state index contributed by atoms with van der Waals surface area (Å²) in [7, 11) is 1.59. The summed E-state index contributed by atoms with van der Waals surface area (Å²) >= 11 is 0. The molecule has 0 saturated carbocycles. The monoisotopic (exact) mass is 452 g/mol. The van der Waals surface area contributed by atoms with E-state index in [0.29, 0.717) is 37.3 Å². The second-order valence-electron chi connectivity index (χ2n) is 9.01. The van der Waals surface area contributed by atoms with Crippen LogP contribution in [0.5, 0.6) is 5.75 Å². The van der Waals surface area contributed by atoms with Crippen LogP contribution in [0.1, 0.15) is 56.8 Å². The first kappa shape index (κ1) is 24.5. The van der Waals surface area contributed by atoms with Gasteiger partial charge in [-0.1, -0.05) is 20.8 Å². The lowest BCUT2D eigenvalue weighted by Crippen LogP contribution is -2.31. The average molecular weight is 453 g/mol. The van der Waals surface area contributed by atoms with Crippen molar-refractivity contribution < 1.29 is 24.2 Å². The molecule has 176 valence electrons. The molecule has 1 saturated heterocycles. The number of hydrogen-bond donors (Lipinski definition) is 1. The molecule has 7 nitrogen and oxygen atoms in total. The lowest BCUT2D eigenvalue weighted by Gasteiger charge is -2.26. The second kappa shape index (κ2) is 10.2. The van der Waals surface area contributed by atoms with Gasteiger partial charge in [0.05, 0.1) is 18.2 Å². The van der Waals surface area contributed by atoms with Crippen LogP contribution < -0.4 is 4.74 Å². The number of pyridine rings is 1. The Morgan fingerprint density at radius 1 is 1.15 bits per heavy atom. The van der Waals surface area contributed by atoms with Gasteiger partial charge in [0.2, 0.25) is 0 Å². The predicted octanol–water partition coefficient (Wildman–Crippen LogP) is 4.24. The molecule has 1 aromatic heterocycles. The zero-order chi connectivity index (χ0) is 24.2. The zero-order valence-electron chi connectivity index (χ0n) is 19.9. The first-order valence-corrected chi connectivity index (χ1v) is 11.2. The fourth-order valence-electron chi connectivity index (χ4n) is 4.08. The van der Waals surface area contributed by atoms with Crippen molar-refractivity contribution in [1.82, 2.24) is 9.88 Å². The molecule has 7 heteroatoms. The normalized spacial score (nSPS) is 18.1. The van der Waals surface area contributed by atoms with E-state index in [1.165, 1.54) is 4.90 Å². The average Bonchev–Trinajstić information content (AvgIpc) is 3.04. The van der Waals surface area contributed by atoms with Gasteiger partial charge in [-0.15, -0.1) is 0 Å². The number of carbonyl (C=O) groups excluding carboxylic acids is 2. The number of nitrogens with zero attached hydrogens (tertiary/aromatic N) is 2. The molecule has 33 heavy (non-hydrogen) atoms. The maximum atomic E-state index is 13.1. The summed E-state index contributed by atoms with van der Waals surface area (Å²) in [4.78, 5) is 31.6. The van der Waals surface area contributed by atoms with Gasteiger partial charge in [0.25, 0.3) is 11.7 Å². The van der Waals surface area contributed by atoms with Crippen LogP contribution in [0.4, 0.5) is 0 Å². The summed E-state index contributed by atoms with van der Waals surface area (Å²) in [5.74, 6) is -0.792. The molecule has 1 N–H and O–H groups in total. The van der Waals surface area contributed by atoms with E-state index in [4.69, 9.17) is 9.47 Å². The Bertz CT molecular complexity index is 1040. The van der Waals surface area contributed by atoms with Gasteiger partial charge >= 0.3 is 0 Å². The largest absolute Gasteiger partial charge is 0.507 e. The van der Waals surface area contributed by atoms with Crippen molar-refractivity contribution in [1.29, 1.82) is 0 Å². The first-order valence-electron chi connectivity index (χ1n) is 11.2. The molecule has 1 aliphatic rings. The Morgan fingerprint density at radius 3 is 2.45 bits per heavy atom. The summed E-state index contributed by atoms with van der Waals surface area (Å²) in [5, 5.41) is 11.3. The molecule has 1 fully saturated rings. The highest BCUT2D eigenvalue weighted by Crippen LogP contribution is 2.41. The van der Waals surface area contributed by atoms with E-state index in [9.17, 15) is 14.7 Å². The van der Waals surface area contributed by atoms with Gasteiger partial charge in [-0.2, -0.15) is 0 Å². The molecule has 1 atom stereocenters. The molecule has 0 spiro atoms. The number of aliphatic hydroxyl groups is 1. The molecule has 1 unspecified atom stereocenters. The molecule has 0 bridgehead atoms. The van der Waals surface area contributed by atoms with E-state index < -0.39 is 17.7 Å². The van der Waals surface area contributed by atoms with E-state index in [-0.39, 0.29) is 16.7 Å². The van der Waals surface area contributed by atoms with Gasteiger partial charge in [0, 0.05) is 43.8 Å². The van der Waals surface area contributed by atoms with Gasteiger partial charge in [-0.3, -0.25) is 14.6 Å². The summed E-state index contributed by atoms with van der Waals surface area (Å²) in [6.07, 6.45) is 3.79. The number of aromatic nitrogens is 1. The molecule has 2 aromatic rings. The molecule has 3 rings (SSSR count). The lowest BCUT2D eigenvalue weighted by atomic mass is 9.84. The van der Waals surface area contributed by atoms with Crippen LogP contribution in [0.3, 0.4) is 0 Å². The van der Waals surface area contributed by atoms with Crippen molar-refractivity contribution in [3.05, 3.63) is 65.0 Å². The minimum absolute atomic E-state index is 0.0765. The number of aliphatic hydroxyl groups excluding tert-OH is 1. The van der Waals surface area contributed by atoms with E-state index in [2.05, 4.69) is 25.8 Å². The van der Waals surface area contributed by atoms with Crippen molar-refractivity contribution in [2.24, 2.45) is 0 Å². The maximum Gasteiger partial charge on any atom is 0.295 e. The van der Waals surface area contributed by atoms with Gasteiger partial charge in [0.1, 0.15) is 11.5 Å². The fraction of sp³-hybridized carbons (Fsp3) is 0.423. The highest BCUT2D eigenvalue weighted by Gasteiger charge is 2.45. The standard InChI is InChI=1S/C26H32N2O5/c1-6-33-20-9-8-18(16-19(20)26(2,3)4)23(29)21-22(17-10-12-27-13-11-17)28(14-7-15-32-5)25(31)24(21)30/h8-13,16,22,29H,6-7,14-15H2,1-5H3/b23-21-. The lowest BCUT2D eigenvalue weighted by molar-refractivity contribution is -0.140. The Balaban J connectivity index is 2.15. The number of Topliss-reactive ketones (excluding diaryl/α,β-unsaturated/α-hetero) is 1. The number of carbonyl (C=O) groups is 2. The number of methoxy groups -OCH3 is 1. The molecule has 0 aliphatic carbocycles. The Morgan fingerprint density at radius 2 is 1.85 bits per heavy atom. The molecule has 0 radical (unpaired) electrons. The van der Waals surface area contributed by atoms with Crippen molar-refractivity contribution >= 4 is 17.4 Å². The van der Waals surface area contributed by atoms with Crippen molar-refractivity contribution in [2.75, 3.05) is 26.9 Å². The third kappa shape index (κ3) is 5.09. The zero-order valence-corrected chi connectivity index (χ0v) is 19.9. The predicted molar refractivity (Wildman–Crippen MR) is 126 cm³/mol. The van der Waals surface area contributed by atoms with Crippen LogP contribution in [0.25, 0.3) is 5.76 Å². The van der Waals surface area contributed by atoms with Crippen molar-refractivity contribution in [3.63, 3.8) is 0 Å². The van der Waals surface area contributed by atoms with Gasteiger partial charge in [-0.25, -0.2) is 0 Å². The van der Waals surface area contributed by atoms with Crippen LogP contribution >= 0.6 is 0 Å². The van der Waals surface area contributed by atoms with Gasteiger partial charge < -0.3 is 19.5 Å². The summed E-state index contributed by atoms with van der Waals surface area (Å²) in [5.41, 5.74) is 1.91. The summed E-state index contributed by atoms with van der Waals surface area (Å²) in [6.45, 7) is 9.39. The number of rotatable bonds is 8. The minimum atomic E-state index is -0.700. The van der Waals surface area contributed by atoms with E-state index in [1.807, 2.05) is 13.0 Å². The van der Waals surface area contributed by atoms with Crippen molar-refractivity contribution in [2.45, 2.75) is 45.6 Å². The van der Waals surface area contributed by atoms with Crippen LogP contribution in [-0.2, 0) is 19.7 Å². The first-order chi connectivity index (χ1) is 15.7. The van der Waals surface area contributed by atoms with E-state index in [0.717, 1.165) is 11.3 Å². The van der Waals surface area contributed by atoms with Crippen LogP contribution in [0.15, 0.2) is 48.3 Å². The van der Waals surface area contributed by atoms with Crippen LogP contribution in [0, 0.1) is 0 Å². The number of ether oxygens (including phenoxy) is 2. The number of benzene rings is 1. The second-order valence-corrected chi connectivity index (χ2v) is 9.01. The molecular formula is C26H32N2O5. The van der Waals surface area contributed by atoms with Crippen LogP contribution in [-0.4, -0.2) is 53.5 Å². The summed E-state index contributed by atoms with van der Waals surface area (Å²) in [6, 6.07) is 8.17. The molecule has 2 heterocycles. The Hall–Kier alpha value is -3.19. The Kier molecular flexibility index (Phi) is 7.53. The topological polar surface area (TPSA) is 89.0 Å². The number of amides is 1. The number of hydrogen-bond acceptors (Lipinski definition) is 6. The van der Waals surface area contributed by atoms with Gasteiger partial charge in [-0.05, 0) is 54.7 Å². The summed E-state index contributed by atoms with van der Waals surface area (Å²) < 4.78 is 10.9. The molecular weight excluding hydrogens is 420 g/mol.